The summed E-state index contributed by atoms with van der Waals surface area (Å²) in [6.07, 6.45) is 2.44. The lowest BCUT2D eigenvalue weighted by atomic mass is 10.0. The molecule has 0 bridgehead atoms. The van der Waals surface area contributed by atoms with Gasteiger partial charge in [0.05, 0.1) is 0 Å². The summed E-state index contributed by atoms with van der Waals surface area (Å²) in [4.78, 5) is 14.5. The lowest BCUT2D eigenvalue weighted by Crippen LogP contribution is -2.35. The molecule has 0 radical (unpaired) electrons. The first-order valence-electron chi connectivity index (χ1n) is 8.19. The Labute approximate surface area is 150 Å². The van der Waals surface area contributed by atoms with Gasteiger partial charge in [-0.05, 0) is 61.6 Å². The number of piperidine rings is 1. The van der Waals surface area contributed by atoms with E-state index in [9.17, 15) is 4.79 Å². The van der Waals surface area contributed by atoms with Gasteiger partial charge in [-0.2, -0.15) is 0 Å². The van der Waals surface area contributed by atoms with E-state index in [1.807, 2.05) is 31.2 Å². The van der Waals surface area contributed by atoms with Crippen LogP contribution in [0.25, 0.3) is 0 Å². The van der Waals surface area contributed by atoms with E-state index in [0.717, 1.165) is 34.6 Å². The lowest BCUT2D eigenvalue weighted by molar-refractivity contribution is 0.102. The number of nitrogens with one attached hydrogen (secondary N) is 1. The SMILES string of the molecule is Cc1cc(NC(=O)c2ccc(N3CCCC(C)C3)nn2)ccc1Br. The van der Waals surface area contributed by atoms with Gasteiger partial charge in [-0.25, -0.2) is 0 Å². The smallest absolute Gasteiger partial charge is 0.276 e. The summed E-state index contributed by atoms with van der Waals surface area (Å²) in [5.74, 6) is 1.27. The van der Waals surface area contributed by atoms with E-state index < -0.39 is 0 Å². The van der Waals surface area contributed by atoms with Crippen molar-refractivity contribution in [2.45, 2.75) is 26.7 Å². The molecule has 126 valence electrons. The molecule has 1 amide bonds. The third-order valence-corrected chi connectivity index (χ3v) is 5.17. The molecule has 1 saturated heterocycles. The van der Waals surface area contributed by atoms with Crippen molar-refractivity contribution in [2.75, 3.05) is 23.3 Å². The zero-order valence-corrected chi connectivity index (χ0v) is 15.5. The third kappa shape index (κ3) is 3.93. The first kappa shape index (κ1) is 16.9. The number of aryl methyl sites for hydroxylation is 1. The van der Waals surface area contributed by atoms with E-state index in [1.165, 1.54) is 12.8 Å². The highest BCUT2D eigenvalue weighted by molar-refractivity contribution is 9.10. The van der Waals surface area contributed by atoms with Gasteiger partial charge in [0.25, 0.3) is 5.91 Å². The van der Waals surface area contributed by atoms with Crippen LogP contribution >= 0.6 is 15.9 Å². The number of hydrogen-bond donors (Lipinski definition) is 1. The average molecular weight is 389 g/mol. The largest absolute Gasteiger partial charge is 0.355 e. The molecule has 2 heterocycles. The van der Waals surface area contributed by atoms with Crippen LogP contribution in [0.15, 0.2) is 34.8 Å². The molecule has 24 heavy (non-hydrogen) atoms. The van der Waals surface area contributed by atoms with E-state index in [0.29, 0.717) is 11.6 Å². The van der Waals surface area contributed by atoms with E-state index in [4.69, 9.17) is 0 Å². The van der Waals surface area contributed by atoms with Gasteiger partial charge in [-0.15, -0.1) is 10.2 Å². The minimum atomic E-state index is -0.247. The minimum absolute atomic E-state index is 0.247. The van der Waals surface area contributed by atoms with E-state index in [2.05, 4.69) is 43.3 Å². The van der Waals surface area contributed by atoms with Crippen LogP contribution in [0, 0.1) is 12.8 Å². The van der Waals surface area contributed by atoms with Gasteiger partial charge >= 0.3 is 0 Å². The second-order valence-electron chi connectivity index (χ2n) is 6.39. The number of carbonyl (C=O) groups is 1. The van der Waals surface area contributed by atoms with Gasteiger partial charge in [0.1, 0.15) is 0 Å². The van der Waals surface area contributed by atoms with E-state index >= 15 is 0 Å². The van der Waals surface area contributed by atoms with E-state index in [-0.39, 0.29) is 5.91 Å². The van der Waals surface area contributed by atoms with Crippen LogP contribution < -0.4 is 10.2 Å². The fourth-order valence-corrected chi connectivity index (χ4v) is 3.18. The van der Waals surface area contributed by atoms with Crippen LogP contribution in [0.4, 0.5) is 11.5 Å². The van der Waals surface area contributed by atoms with Gasteiger partial charge in [0.15, 0.2) is 11.5 Å². The molecule has 0 spiro atoms. The highest BCUT2D eigenvalue weighted by Gasteiger charge is 2.18. The summed E-state index contributed by atoms with van der Waals surface area (Å²) in [7, 11) is 0. The molecule has 1 aliphatic rings. The molecule has 2 aromatic rings. The second-order valence-corrected chi connectivity index (χ2v) is 7.24. The Balaban J connectivity index is 1.68. The number of benzene rings is 1. The van der Waals surface area contributed by atoms with Crippen LogP contribution in [-0.4, -0.2) is 29.2 Å². The molecule has 1 unspecified atom stereocenters. The molecule has 1 N–H and O–H groups in total. The molecule has 0 aliphatic carbocycles. The monoisotopic (exact) mass is 388 g/mol. The molecule has 1 fully saturated rings. The average Bonchev–Trinajstić information content (AvgIpc) is 2.58. The summed E-state index contributed by atoms with van der Waals surface area (Å²) >= 11 is 3.45. The number of carbonyl (C=O) groups excluding carboxylic acids is 1. The molecule has 1 atom stereocenters. The molecule has 0 saturated carbocycles. The normalized spacial score (nSPS) is 17.6. The lowest BCUT2D eigenvalue weighted by Gasteiger charge is -2.31. The fraction of sp³-hybridized carbons (Fsp3) is 0.389. The maximum Gasteiger partial charge on any atom is 0.276 e. The number of amides is 1. The number of anilines is 2. The molecule has 1 aromatic heterocycles. The fourth-order valence-electron chi connectivity index (χ4n) is 2.93. The van der Waals surface area contributed by atoms with Gasteiger partial charge in [-0.3, -0.25) is 4.79 Å². The van der Waals surface area contributed by atoms with Crippen molar-refractivity contribution in [3.63, 3.8) is 0 Å². The topological polar surface area (TPSA) is 58.1 Å². The maximum absolute atomic E-state index is 12.3. The van der Waals surface area contributed by atoms with Gasteiger partial charge in [-0.1, -0.05) is 22.9 Å². The Bertz CT molecular complexity index is 732. The number of rotatable bonds is 3. The molecule has 5 nitrogen and oxygen atoms in total. The van der Waals surface area contributed by atoms with Crippen molar-refractivity contribution in [1.29, 1.82) is 0 Å². The third-order valence-electron chi connectivity index (χ3n) is 4.28. The predicted molar refractivity (Wildman–Crippen MR) is 99.5 cm³/mol. The Kier molecular flexibility index (Phi) is 5.14. The van der Waals surface area contributed by atoms with Crippen molar-refractivity contribution in [3.05, 3.63) is 46.1 Å². The van der Waals surface area contributed by atoms with Crippen LogP contribution in [0.5, 0.6) is 0 Å². The molecular weight excluding hydrogens is 368 g/mol. The van der Waals surface area contributed by atoms with Gasteiger partial charge in [0, 0.05) is 23.2 Å². The summed E-state index contributed by atoms with van der Waals surface area (Å²) in [5, 5.41) is 11.2. The van der Waals surface area contributed by atoms with Crippen molar-refractivity contribution in [2.24, 2.45) is 5.92 Å². The van der Waals surface area contributed by atoms with Crippen molar-refractivity contribution >= 4 is 33.3 Å². The minimum Gasteiger partial charge on any atom is -0.355 e. The zero-order chi connectivity index (χ0) is 17.1. The predicted octanol–water partition coefficient (Wildman–Crippen LogP) is 4.04. The van der Waals surface area contributed by atoms with Crippen LogP contribution in [0.1, 0.15) is 35.8 Å². The summed E-state index contributed by atoms with van der Waals surface area (Å²) < 4.78 is 1.01. The number of aromatic nitrogens is 2. The van der Waals surface area contributed by atoms with Crippen LogP contribution in [-0.2, 0) is 0 Å². The Morgan fingerprint density at radius 1 is 1.29 bits per heavy atom. The number of hydrogen-bond acceptors (Lipinski definition) is 4. The van der Waals surface area contributed by atoms with Crippen molar-refractivity contribution in [3.8, 4) is 0 Å². The maximum atomic E-state index is 12.3. The van der Waals surface area contributed by atoms with Gasteiger partial charge in [0.2, 0.25) is 0 Å². The standard InChI is InChI=1S/C18H21BrN4O/c1-12-4-3-9-23(11-12)17-8-7-16(21-22-17)18(24)20-14-5-6-15(19)13(2)10-14/h5-8,10,12H,3-4,9,11H2,1-2H3,(H,20,24). The summed E-state index contributed by atoms with van der Waals surface area (Å²) in [6, 6.07) is 9.30. The number of halogens is 1. The quantitative estimate of drug-likeness (QED) is 0.861. The zero-order valence-electron chi connectivity index (χ0n) is 13.9. The highest BCUT2D eigenvalue weighted by atomic mass is 79.9. The molecule has 1 aliphatic heterocycles. The van der Waals surface area contributed by atoms with Gasteiger partial charge < -0.3 is 10.2 Å². The first-order chi connectivity index (χ1) is 11.5. The molecule has 6 heteroatoms. The first-order valence-corrected chi connectivity index (χ1v) is 8.98. The Morgan fingerprint density at radius 3 is 2.79 bits per heavy atom. The van der Waals surface area contributed by atoms with Crippen molar-refractivity contribution in [1.82, 2.24) is 10.2 Å². The van der Waals surface area contributed by atoms with E-state index in [1.54, 1.807) is 6.07 Å². The summed E-state index contributed by atoms with van der Waals surface area (Å²) in [6.45, 7) is 6.23. The Morgan fingerprint density at radius 2 is 2.12 bits per heavy atom. The van der Waals surface area contributed by atoms with Crippen LogP contribution in [0.3, 0.4) is 0 Å². The molecule has 1 aromatic carbocycles. The van der Waals surface area contributed by atoms with Crippen molar-refractivity contribution < 1.29 is 4.79 Å². The highest BCUT2D eigenvalue weighted by Crippen LogP contribution is 2.22. The number of nitrogens with zero attached hydrogens (tertiary/aromatic N) is 3. The second kappa shape index (κ2) is 7.30. The Hall–Kier alpha value is -1.95. The molecular formula is C18H21BrN4O. The molecule has 3 rings (SSSR count). The van der Waals surface area contributed by atoms with Crippen LogP contribution in [0.2, 0.25) is 0 Å². The summed E-state index contributed by atoms with van der Waals surface area (Å²) in [5.41, 5.74) is 2.13.